The van der Waals surface area contributed by atoms with Gasteiger partial charge in [0.25, 0.3) is 0 Å². The molecule has 0 aliphatic carbocycles. The first-order valence-corrected chi connectivity index (χ1v) is 10.4. The molecule has 3 nitrogen and oxygen atoms in total. The normalized spacial score (nSPS) is 13.2. The van der Waals surface area contributed by atoms with Crippen molar-refractivity contribution >= 4 is 34.7 Å². The minimum atomic E-state index is -2.50. The molecule has 0 aromatic heterocycles. The van der Waals surface area contributed by atoms with Gasteiger partial charge >= 0.3 is 0 Å². The Morgan fingerprint density at radius 3 is 2.25 bits per heavy atom. The van der Waals surface area contributed by atoms with E-state index in [9.17, 15) is 9.18 Å². The molecule has 0 saturated carbocycles. The van der Waals surface area contributed by atoms with Crippen LogP contribution >= 0.6 is 17.1 Å². The summed E-state index contributed by atoms with van der Waals surface area (Å²) in [6.45, 7) is 6.33. The van der Waals surface area contributed by atoms with Crippen molar-refractivity contribution in [3.8, 4) is 0 Å². The molecule has 1 unspecified atom stereocenters. The summed E-state index contributed by atoms with van der Waals surface area (Å²) in [6, 6.07) is 5.48. The van der Waals surface area contributed by atoms with E-state index in [0.717, 1.165) is 0 Å². The molecule has 0 saturated heterocycles. The van der Waals surface area contributed by atoms with Crippen molar-refractivity contribution in [1.29, 1.82) is 0 Å². The van der Waals surface area contributed by atoms with Crippen LogP contribution in [0, 0.1) is 5.82 Å². The third-order valence-electron chi connectivity index (χ3n) is 2.36. The number of ketones is 1. The lowest BCUT2D eigenvalue weighted by Crippen LogP contribution is -2.14. The highest BCUT2D eigenvalue weighted by atomic mass is 32.9. The fourth-order valence-electron chi connectivity index (χ4n) is 1.50. The molecular weight excluding hydrogens is 318 g/mol. The van der Waals surface area contributed by atoms with E-state index >= 15 is 0 Å². The number of hydrogen-bond donors (Lipinski definition) is 0. The topological polar surface area (TPSA) is 35.5 Å². The minimum absolute atomic E-state index is 0.108. The van der Waals surface area contributed by atoms with Crippen LogP contribution in [0.25, 0.3) is 0 Å². The zero-order chi connectivity index (χ0) is 15.2. The number of halogens is 1. The monoisotopic (exact) mass is 336 g/mol. The van der Waals surface area contributed by atoms with Crippen molar-refractivity contribution in [2.24, 2.45) is 0 Å². The minimum Gasteiger partial charge on any atom is -0.322 e. The van der Waals surface area contributed by atoms with Gasteiger partial charge in [-0.05, 0) is 56.8 Å². The largest absolute Gasteiger partial charge is 0.322 e. The van der Waals surface area contributed by atoms with Gasteiger partial charge in [-0.2, -0.15) is 0 Å². The number of carbonyl (C=O) groups is 1. The van der Waals surface area contributed by atoms with E-state index in [1.807, 2.05) is 13.8 Å². The number of hydrogen-bond acceptors (Lipinski definition) is 5. The van der Waals surface area contributed by atoms with Crippen LogP contribution in [0.3, 0.4) is 0 Å². The van der Waals surface area contributed by atoms with Crippen molar-refractivity contribution in [1.82, 2.24) is 0 Å². The third kappa shape index (κ3) is 5.26. The molecule has 112 valence electrons. The maximum Gasteiger partial charge on any atom is 0.248 e. The van der Waals surface area contributed by atoms with E-state index < -0.39 is 10.9 Å². The van der Waals surface area contributed by atoms with Crippen molar-refractivity contribution in [3.63, 3.8) is 0 Å². The van der Waals surface area contributed by atoms with Gasteiger partial charge in [0.05, 0.1) is 18.5 Å². The molecule has 0 spiro atoms. The Hall–Kier alpha value is -0.260. The first kappa shape index (κ1) is 17.8. The molecule has 1 aromatic rings. The molecular formula is C13H18FO3PS2. The van der Waals surface area contributed by atoms with E-state index in [1.54, 1.807) is 6.92 Å². The standard InChI is InChI=1S/C13H18FO3PS2/c1-4-16-18(19,17-5-2)20-10(3)13(15)11-6-8-12(14)9-7-11/h6-10H,4-5H2,1-3H3. The Morgan fingerprint density at radius 2 is 1.80 bits per heavy atom. The van der Waals surface area contributed by atoms with Gasteiger partial charge in [0.1, 0.15) is 5.82 Å². The lowest BCUT2D eigenvalue weighted by atomic mass is 10.1. The van der Waals surface area contributed by atoms with Crippen LogP contribution < -0.4 is 0 Å². The van der Waals surface area contributed by atoms with Crippen LogP contribution in [-0.4, -0.2) is 24.2 Å². The lowest BCUT2D eigenvalue weighted by molar-refractivity contribution is 0.0994. The van der Waals surface area contributed by atoms with Gasteiger partial charge in [-0.25, -0.2) is 4.39 Å². The van der Waals surface area contributed by atoms with Crippen LogP contribution in [0.5, 0.6) is 0 Å². The third-order valence-corrected chi connectivity index (χ3v) is 8.06. The second-order valence-electron chi connectivity index (χ2n) is 3.90. The van der Waals surface area contributed by atoms with E-state index in [0.29, 0.717) is 18.8 Å². The second-order valence-corrected chi connectivity index (χ2v) is 10.4. The SMILES string of the molecule is CCOP(=S)(OCC)SC(C)C(=O)c1ccc(F)cc1. The summed E-state index contributed by atoms with van der Waals surface area (Å²) < 4.78 is 23.9. The predicted molar refractivity (Wildman–Crippen MR) is 85.3 cm³/mol. The molecule has 0 heterocycles. The summed E-state index contributed by atoms with van der Waals surface area (Å²) >= 11 is 6.63. The van der Waals surface area contributed by atoms with E-state index in [-0.39, 0.29) is 11.6 Å². The van der Waals surface area contributed by atoms with E-state index in [4.69, 9.17) is 20.9 Å². The number of carbonyl (C=O) groups excluding carboxylic acids is 1. The fraction of sp³-hybridized carbons (Fsp3) is 0.462. The Balaban J connectivity index is 2.78. The Labute approximate surface area is 128 Å². The van der Waals surface area contributed by atoms with Crippen LogP contribution in [-0.2, 0) is 20.9 Å². The van der Waals surface area contributed by atoms with Crippen molar-refractivity contribution < 1.29 is 18.2 Å². The molecule has 0 N–H and O–H groups in total. The second kappa shape index (κ2) is 8.25. The van der Waals surface area contributed by atoms with Gasteiger partial charge in [-0.15, -0.1) is 0 Å². The van der Waals surface area contributed by atoms with Crippen LogP contribution in [0.1, 0.15) is 31.1 Å². The molecule has 0 aliphatic rings. The van der Waals surface area contributed by atoms with Gasteiger partial charge in [-0.3, -0.25) is 4.79 Å². The highest BCUT2D eigenvalue weighted by Crippen LogP contribution is 2.62. The summed E-state index contributed by atoms with van der Waals surface area (Å²) in [5.74, 6) is -0.473. The maximum atomic E-state index is 12.9. The molecule has 7 heteroatoms. The fourth-order valence-corrected chi connectivity index (χ4v) is 7.19. The molecule has 1 atom stereocenters. The Kier molecular flexibility index (Phi) is 7.34. The zero-order valence-electron chi connectivity index (χ0n) is 11.7. The molecule has 0 amide bonds. The van der Waals surface area contributed by atoms with E-state index in [1.165, 1.54) is 35.6 Å². The molecule has 0 fully saturated rings. The predicted octanol–water partition coefficient (Wildman–Crippen LogP) is 4.43. The van der Waals surface area contributed by atoms with Crippen LogP contribution in [0.2, 0.25) is 0 Å². The molecule has 1 aromatic carbocycles. The number of rotatable bonds is 8. The summed E-state index contributed by atoms with van der Waals surface area (Å²) in [5, 5.41) is -0.399. The van der Waals surface area contributed by atoms with Gasteiger partial charge in [0.15, 0.2) is 5.78 Å². The molecule has 20 heavy (non-hydrogen) atoms. The van der Waals surface area contributed by atoms with Crippen molar-refractivity contribution in [3.05, 3.63) is 35.6 Å². The molecule has 1 rings (SSSR count). The summed E-state index contributed by atoms with van der Waals surface area (Å²) in [5.41, 5.74) is -2.05. The summed E-state index contributed by atoms with van der Waals surface area (Å²) in [7, 11) is 0. The van der Waals surface area contributed by atoms with E-state index in [2.05, 4.69) is 0 Å². The average molecular weight is 336 g/mol. The highest BCUT2D eigenvalue weighted by molar-refractivity contribution is 8.68. The first-order valence-electron chi connectivity index (χ1n) is 6.29. The van der Waals surface area contributed by atoms with Crippen molar-refractivity contribution in [2.75, 3.05) is 13.2 Å². The van der Waals surface area contributed by atoms with Gasteiger partial charge in [0, 0.05) is 5.56 Å². The number of Topliss-reactive ketones (excluding diaryl/α,β-unsaturated/α-hetero) is 1. The maximum absolute atomic E-state index is 12.9. The van der Waals surface area contributed by atoms with Gasteiger partial charge in [-0.1, -0.05) is 11.4 Å². The van der Waals surface area contributed by atoms with Crippen LogP contribution in [0.15, 0.2) is 24.3 Å². The molecule has 0 aliphatic heterocycles. The average Bonchev–Trinajstić information content (AvgIpc) is 2.39. The smallest absolute Gasteiger partial charge is 0.248 e. The van der Waals surface area contributed by atoms with Crippen LogP contribution in [0.4, 0.5) is 4.39 Å². The lowest BCUT2D eigenvalue weighted by Gasteiger charge is -2.22. The van der Waals surface area contributed by atoms with Crippen molar-refractivity contribution in [2.45, 2.75) is 26.0 Å². The van der Waals surface area contributed by atoms with Gasteiger partial charge < -0.3 is 9.05 Å². The summed E-state index contributed by atoms with van der Waals surface area (Å²) in [6.07, 6.45) is 0. The summed E-state index contributed by atoms with van der Waals surface area (Å²) in [4.78, 5) is 12.3. The quantitative estimate of drug-likeness (QED) is 0.518. The Morgan fingerprint density at radius 1 is 1.30 bits per heavy atom. The zero-order valence-corrected chi connectivity index (χ0v) is 14.2. The Bertz CT molecular complexity index is 483. The first-order chi connectivity index (χ1) is 9.41. The molecule has 0 bridgehead atoms. The highest BCUT2D eigenvalue weighted by Gasteiger charge is 2.27. The van der Waals surface area contributed by atoms with Gasteiger partial charge in [0.2, 0.25) is 5.69 Å². The number of benzene rings is 1. The molecule has 0 radical (unpaired) electrons.